The molecule has 17 heavy (non-hydrogen) atoms. The number of hydrogen-bond donors (Lipinski definition) is 1. The second-order valence-electron chi connectivity index (χ2n) is 5.59. The Kier molecular flexibility index (Phi) is 4.48. The zero-order valence-corrected chi connectivity index (χ0v) is 11.0. The lowest BCUT2D eigenvalue weighted by Gasteiger charge is -2.24. The highest BCUT2D eigenvalue weighted by atomic mass is 16.5. The molecule has 1 spiro atoms. The average molecular weight is 235 g/mol. The summed E-state index contributed by atoms with van der Waals surface area (Å²) < 4.78 is 6.27. The molecule has 0 bridgehead atoms. The van der Waals surface area contributed by atoms with E-state index in [2.05, 4.69) is 18.2 Å². The van der Waals surface area contributed by atoms with E-state index in [0.717, 1.165) is 19.4 Å². The second kappa shape index (κ2) is 5.89. The molecule has 1 aliphatic carbocycles. The smallest absolute Gasteiger partial charge is 0.0708 e. The summed E-state index contributed by atoms with van der Waals surface area (Å²) in [6.45, 7) is 3.16. The minimum Gasteiger partial charge on any atom is -0.370 e. The highest BCUT2D eigenvalue weighted by Gasteiger charge is 2.41. The maximum Gasteiger partial charge on any atom is 0.0708 e. The topological polar surface area (TPSA) is 21.3 Å². The molecule has 2 aliphatic rings. The van der Waals surface area contributed by atoms with E-state index in [4.69, 9.17) is 11.2 Å². The molecule has 1 N–H and O–H groups in total. The first kappa shape index (κ1) is 12.9. The van der Waals surface area contributed by atoms with Crippen LogP contribution in [-0.2, 0) is 4.74 Å². The lowest BCUT2D eigenvalue weighted by Crippen LogP contribution is -2.36. The van der Waals surface area contributed by atoms with Crippen LogP contribution in [0, 0.1) is 12.3 Å². The van der Waals surface area contributed by atoms with Crippen molar-refractivity contribution < 1.29 is 4.74 Å². The molecule has 96 valence electrons. The van der Waals surface area contributed by atoms with Gasteiger partial charge in [-0.3, -0.25) is 0 Å². The maximum absolute atomic E-state index is 6.27. The summed E-state index contributed by atoms with van der Waals surface area (Å²) in [7, 11) is 0. The van der Waals surface area contributed by atoms with Crippen LogP contribution in [0.25, 0.3) is 0 Å². The van der Waals surface area contributed by atoms with Gasteiger partial charge in [0.15, 0.2) is 0 Å². The summed E-state index contributed by atoms with van der Waals surface area (Å²) in [6, 6.07) is 0.462. The predicted octanol–water partition coefficient (Wildman–Crippen LogP) is 2.87. The van der Waals surface area contributed by atoms with Gasteiger partial charge in [0.2, 0.25) is 0 Å². The van der Waals surface area contributed by atoms with E-state index < -0.39 is 0 Å². The van der Waals surface area contributed by atoms with Crippen LogP contribution in [0.1, 0.15) is 58.3 Å². The minimum absolute atomic E-state index is 0.264. The third-order valence-corrected chi connectivity index (χ3v) is 4.34. The molecule has 2 heteroatoms. The Bertz CT molecular complexity index is 275. The fourth-order valence-corrected chi connectivity index (χ4v) is 3.23. The molecular formula is C15H25NO. The van der Waals surface area contributed by atoms with Crippen LogP contribution in [0.4, 0.5) is 0 Å². The van der Waals surface area contributed by atoms with Gasteiger partial charge in [0.1, 0.15) is 0 Å². The molecule has 0 aromatic carbocycles. The quantitative estimate of drug-likeness (QED) is 0.740. The van der Waals surface area contributed by atoms with Crippen molar-refractivity contribution in [2.24, 2.45) is 0 Å². The van der Waals surface area contributed by atoms with E-state index in [-0.39, 0.29) is 5.60 Å². The number of terminal acetylenes is 1. The Balaban J connectivity index is 1.72. The molecule has 1 saturated heterocycles. The zero-order valence-electron chi connectivity index (χ0n) is 11.0. The van der Waals surface area contributed by atoms with Gasteiger partial charge < -0.3 is 10.1 Å². The molecule has 1 heterocycles. The monoisotopic (exact) mass is 235 g/mol. The van der Waals surface area contributed by atoms with Crippen LogP contribution in [0.15, 0.2) is 0 Å². The Hall–Kier alpha value is -0.520. The molecule has 0 aromatic heterocycles. The van der Waals surface area contributed by atoms with Gasteiger partial charge in [-0.2, -0.15) is 0 Å². The van der Waals surface area contributed by atoms with Crippen molar-refractivity contribution in [3.63, 3.8) is 0 Å². The molecular weight excluding hydrogens is 210 g/mol. The van der Waals surface area contributed by atoms with Crippen LogP contribution in [-0.4, -0.2) is 24.3 Å². The lowest BCUT2D eigenvalue weighted by molar-refractivity contribution is -0.0358. The molecule has 0 amide bonds. The van der Waals surface area contributed by atoms with Gasteiger partial charge >= 0.3 is 0 Å². The first-order valence-corrected chi connectivity index (χ1v) is 7.13. The van der Waals surface area contributed by atoms with E-state index in [1.807, 2.05) is 0 Å². The summed E-state index contributed by atoms with van der Waals surface area (Å²) in [5, 5.41) is 3.55. The normalized spacial score (nSPS) is 28.4. The molecule has 0 aromatic rings. The van der Waals surface area contributed by atoms with Crippen molar-refractivity contribution in [3.8, 4) is 12.3 Å². The van der Waals surface area contributed by atoms with E-state index in [1.165, 1.54) is 38.5 Å². The van der Waals surface area contributed by atoms with Crippen molar-refractivity contribution in [1.29, 1.82) is 0 Å². The Morgan fingerprint density at radius 1 is 1.41 bits per heavy atom. The second-order valence-corrected chi connectivity index (χ2v) is 5.59. The molecule has 1 aliphatic heterocycles. The Labute approximate surface area is 105 Å². The van der Waals surface area contributed by atoms with E-state index in [9.17, 15) is 0 Å². The first-order valence-electron chi connectivity index (χ1n) is 7.13. The van der Waals surface area contributed by atoms with E-state index in [1.54, 1.807) is 0 Å². The zero-order chi connectivity index (χ0) is 12.1. The number of hydrogen-bond acceptors (Lipinski definition) is 2. The highest BCUT2D eigenvalue weighted by Crippen LogP contribution is 2.43. The maximum atomic E-state index is 6.27. The van der Waals surface area contributed by atoms with Crippen molar-refractivity contribution >= 4 is 0 Å². The summed E-state index contributed by atoms with van der Waals surface area (Å²) in [5.41, 5.74) is 0.264. The number of nitrogens with one attached hydrogen (secondary N) is 1. The SMILES string of the molecule is C#CCC(CC)NCC1CCC2(CCCC2)O1. The van der Waals surface area contributed by atoms with Crippen molar-refractivity contribution in [3.05, 3.63) is 0 Å². The largest absolute Gasteiger partial charge is 0.370 e. The number of ether oxygens (including phenoxy) is 1. The van der Waals surface area contributed by atoms with E-state index >= 15 is 0 Å². The van der Waals surface area contributed by atoms with Crippen molar-refractivity contribution in [2.75, 3.05) is 6.54 Å². The van der Waals surface area contributed by atoms with Gasteiger partial charge in [-0.15, -0.1) is 12.3 Å². The minimum atomic E-state index is 0.264. The van der Waals surface area contributed by atoms with Crippen LogP contribution >= 0.6 is 0 Å². The standard InChI is InChI=1S/C15H25NO/c1-3-7-13(4-2)16-12-14-8-11-15(17-14)9-5-6-10-15/h1,13-14,16H,4-12H2,2H3. The summed E-state index contributed by atoms with van der Waals surface area (Å²) in [5.74, 6) is 2.74. The molecule has 2 fully saturated rings. The Morgan fingerprint density at radius 2 is 2.18 bits per heavy atom. The lowest BCUT2D eigenvalue weighted by atomic mass is 9.98. The van der Waals surface area contributed by atoms with E-state index in [0.29, 0.717) is 12.1 Å². The fourth-order valence-electron chi connectivity index (χ4n) is 3.23. The van der Waals surface area contributed by atoms with Crippen molar-refractivity contribution in [1.82, 2.24) is 5.32 Å². The highest BCUT2D eigenvalue weighted by molar-refractivity contribution is 4.94. The average Bonchev–Trinajstić information content (AvgIpc) is 2.96. The van der Waals surface area contributed by atoms with Gasteiger partial charge in [-0.25, -0.2) is 0 Å². The molecule has 2 rings (SSSR count). The van der Waals surface area contributed by atoms with Gasteiger partial charge in [0, 0.05) is 19.0 Å². The summed E-state index contributed by atoms with van der Waals surface area (Å²) in [6.07, 6.45) is 15.5. The fraction of sp³-hybridized carbons (Fsp3) is 0.867. The van der Waals surface area contributed by atoms with Crippen LogP contribution < -0.4 is 5.32 Å². The summed E-state index contributed by atoms with van der Waals surface area (Å²) >= 11 is 0. The third kappa shape index (κ3) is 3.24. The third-order valence-electron chi connectivity index (χ3n) is 4.34. The molecule has 2 unspecified atom stereocenters. The van der Waals surface area contributed by atoms with Crippen LogP contribution in [0.3, 0.4) is 0 Å². The van der Waals surface area contributed by atoms with Gasteiger partial charge in [-0.05, 0) is 32.1 Å². The summed E-state index contributed by atoms with van der Waals surface area (Å²) in [4.78, 5) is 0. The Morgan fingerprint density at radius 3 is 2.82 bits per heavy atom. The van der Waals surface area contributed by atoms with Gasteiger partial charge in [0.05, 0.1) is 11.7 Å². The van der Waals surface area contributed by atoms with Crippen LogP contribution in [0.2, 0.25) is 0 Å². The first-order chi connectivity index (χ1) is 8.28. The molecule has 1 saturated carbocycles. The predicted molar refractivity (Wildman–Crippen MR) is 70.8 cm³/mol. The molecule has 2 nitrogen and oxygen atoms in total. The number of rotatable bonds is 5. The van der Waals surface area contributed by atoms with Crippen molar-refractivity contribution in [2.45, 2.75) is 76.0 Å². The molecule has 2 atom stereocenters. The van der Waals surface area contributed by atoms with Gasteiger partial charge in [-0.1, -0.05) is 19.8 Å². The molecule has 0 radical (unpaired) electrons. The van der Waals surface area contributed by atoms with Gasteiger partial charge in [0.25, 0.3) is 0 Å². The van der Waals surface area contributed by atoms with Crippen LogP contribution in [0.5, 0.6) is 0 Å².